The minimum atomic E-state index is -0.203. The highest BCUT2D eigenvalue weighted by atomic mass is 16.5. The molecule has 0 bridgehead atoms. The van der Waals surface area contributed by atoms with Crippen LogP contribution in [0.2, 0.25) is 0 Å². The molecule has 0 radical (unpaired) electrons. The van der Waals surface area contributed by atoms with Gasteiger partial charge in [-0.05, 0) is 91.8 Å². The fourth-order valence-electron chi connectivity index (χ4n) is 8.86. The fourth-order valence-corrected chi connectivity index (χ4v) is 8.86. The highest BCUT2D eigenvalue weighted by Crippen LogP contribution is 2.67. The Bertz CT molecular complexity index is 761. The molecular formula is C27H42O5. The van der Waals surface area contributed by atoms with Gasteiger partial charge in [-0.15, -0.1) is 0 Å². The lowest BCUT2D eigenvalue weighted by atomic mass is 9.44. The van der Waals surface area contributed by atoms with E-state index in [4.69, 9.17) is 9.47 Å². The van der Waals surface area contributed by atoms with Crippen LogP contribution in [0.1, 0.15) is 91.9 Å². The Labute approximate surface area is 193 Å². The molecular weight excluding hydrogens is 404 g/mol. The number of hydrogen-bond donors (Lipinski definition) is 0. The van der Waals surface area contributed by atoms with Crippen molar-refractivity contribution in [1.82, 2.24) is 0 Å². The average Bonchev–Trinajstić information content (AvgIpc) is 3.09. The van der Waals surface area contributed by atoms with Crippen molar-refractivity contribution in [1.29, 1.82) is 0 Å². The first-order chi connectivity index (χ1) is 15.1. The van der Waals surface area contributed by atoms with Gasteiger partial charge in [0.05, 0.1) is 7.11 Å². The smallest absolute Gasteiger partial charge is 0.305 e. The molecule has 0 saturated heterocycles. The molecule has 5 nitrogen and oxygen atoms in total. The summed E-state index contributed by atoms with van der Waals surface area (Å²) < 4.78 is 10.4. The van der Waals surface area contributed by atoms with Gasteiger partial charge in [-0.3, -0.25) is 14.4 Å². The number of ether oxygens (including phenoxy) is 2. The molecule has 0 aromatic rings. The normalized spacial score (nSPS) is 44.1. The molecule has 1 unspecified atom stereocenters. The van der Waals surface area contributed by atoms with Gasteiger partial charge in [0.25, 0.3) is 0 Å². The van der Waals surface area contributed by atoms with Gasteiger partial charge in [0.1, 0.15) is 11.9 Å². The highest BCUT2D eigenvalue weighted by molar-refractivity contribution is 5.83. The number of fused-ring (bicyclic) bond motifs is 5. The predicted octanol–water partition coefficient (Wildman–Crippen LogP) is 5.35. The molecule has 4 aliphatic rings. The van der Waals surface area contributed by atoms with Crippen molar-refractivity contribution in [3.63, 3.8) is 0 Å². The van der Waals surface area contributed by atoms with Crippen molar-refractivity contribution in [3.8, 4) is 0 Å². The Kier molecular flexibility index (Phi) is 6.50. The van der Waals surface area contributed by atoms with E-state index in [1.54, 1.807) is 0 Å². The summed E-state index contributed by atoms with van der Waals surface area (Å²) in [6.45, 7) is 8.66. The second-order valence-electron chi connectivity index (χ2n) is 11.9. The molecule has 0 N–H and O–H groups in total. The summed E-state index contributed by atoms with van der Waals surface area (Å²) >= 11 is 0. The van der Waals surface area contributed by atoms with E-state index in [0.29, 0.717) is 48.2 Å². The van der Waals surface area contributed by atoms with Gasteiger partial charge in [-0.2, -0.15) is 0 Å². The van der Waals surface area contributed by atoms with E-state index in [1.807, 2.05) is 0 Å². The van der Waals surface area contributed by atoms with E-state index in [0.717, 1.165) is 38.5 Å². The van der Waals surface area contributed by atoms with Gasteiger partial charge >= 0.3 is 11.9 Å². The van der Waals surface area contributed by atoms with E-state index < -0.39 is 0 Å². The Morgan fingerprint density at radius 3 is 2.44 bits per heavy atom. The molecule has 4 rings (SSSR count). The van der Waals surface area contributed by atoms with Crippen LogP contribution in [0, 0.1) is 46.3 Å². The average molecular weight is 447 g/mol. The number of esters is 2. The van der Waals surface area contributed by atoms with Crippen molar-refractivity contribution in [3.05, 3.63) is 0 Å². The summed E-state index contributed by atoms with van der Waals surface area (Å²) in [4.78, 5) is 36.8. The van der Waals surface area contributed by atoms with Crippen molar-refractivity contribution < 1.29 is 23.9 Å². The van der Waals surface area contributed by atoms with Gasteiger partial charge in [0.15, 0.2) is 0 Å². The molecule has 0 aliphatic heterocycles. The molecule has 9 atom stereocenters. The Hall–Kier alpha value is -1.39. The molecule has 180 valence electrons. The van der Waals surface area contributed by atoms with Crippen LogP contribution >= 0.6 is 0 Å². The van der Waals surface area contributed by atoms with E-state index in [2.05, 4.69) is 20.8 Å². The second kappa shape index (κ2) is 8.76. The van der Waals surface area contributed by atoms with Gasteiger partial charge in [0.2, 0.25) is 0 Å². The van der Waals surface area contributed by atoms with E-state index in [-0.39, 0.29) is 34.8 Å². The van der Waals surface area contributed by atoms with Crippen molar-refractivity contribution >= 4 is 17.7 Å². The third-order valence-electron chi connectivity index (χ3n) is 10.5. The molecule has 0 amide bonds. The standard InChI is InChI=1S/C27H42O5/c1-16(6-9-24(30)31-5)20-7-8-21-25-22(11-13-27(20,21)4)26(3)12-10-19(32-17(2)28)14-18(26)15-23(25)29/h16,18-22,25H,6-15H2,1-5H3/t16-,18+,19-,20-,21+,22?,25+,26+,27-/m1/s1. The lowest BCUT2D eigenvalue weighted by Gasteiger charge is -2.60. The number of Topliss-reactive ketones (excluding diaryl/α,β-unsaturated/α-hetero) is 1. The first-order valence-electron chi connectivity index (χ1n) is 12.9. The maximum Gasteiger partial charge on any atom is 0.305 e. The number of ketones is 1. The summed E-state index contributed by atoms with van der Waals surface area (Å²) in [5.41, 5.74) is 0.385. The molecule has 5 heteroatoms. The van der Waals surface area contributed by atoms with E-state index in [1.165, 1.54) is 26.9 Å². The van der Waals surface area contributed by atoms with Crippen molar-refractivity contribution in [2.75, 3.05) is 7.11 Å². The molecule has 4 saturated carbocycles. The number of rotatable bonds is 5. The molecule has 0 spiro atoms. The van der Waals surface area contributed by atoms with Crippen LogP contribution in [0.5, 0.6) is 0 Å². The fraction of sp³-hybridized carbons (Fsp3) is 0.889. The third-order valence-corrected chi connectivity index (χ3v) is 10.5. The highest BCUT2D eigenvalue weighted by Gasteiger charge is 2.63. The minimum absolute atomic E-state index is 0.0182. The van der Waals surface area contributed by atoms with E-state index in [9.17, 15) is 14.4 Å². The number of carbonyl (C=O) groups excluding carboxylic acids is 3. The zero-order valence-corrected chi connectivity index (χ0v) is 20.7. The van der Waals surface area contributed by atoms with Gasteiger partial charge in [-0.1, -0.05) is 20.8 Å². The zero-order chi connectivity index (χ0) is 23.3. The molecule has 0 aromatic heterocycles. The molecule has 4 aliphatic carbocycles. The summed E-state index contributed by atoms with van der Waals surface area (Å²) in [7, 11) is 1.46. The second-order valence-corrected chi connectivity index (χ2v) is 11.9. The Balaban J connectivity index is 1.50. The summed E-state index contributed by atoms with van der Waals surface area (Å²) in [6, 6.07) is 0. The van der Waals surface area contributed by atoms with Crippen LogP contribution in [-0.2, 0) is 23.9 Å². The summed E-state index contributed by atoms with van der Waals surface area (Å²) in [6.07, 6.45) is 9.49. The molecule has 32 heavy (non-hydrogen) atoms. The number of methoxy groups -OCH3 is 1. The van der Waals surface area contributed by atoms with Crippen LogP contribution in [0.3, 0.4) is 0 Å². The van der Waals surface area contributed by atoms with Gasteiger partial charge < -0.3 is 9.47 Å². The third kappa shape index (κ3) is 3.92. The van der Waals surface area contributed by atoms with Gasteiger partial charge in [0, 0.05) is 25.7 Å². The van der Waals surface area contributed by atoms with Crippen LogP contribution in [0.15, 0.2) is 0 Å². The van der Waals surface area contributed by atoms with E-state index >= 15 is 0 Å². The summed E-state index contributed by atoms with van der Waals surface area (Å²) in [5, 5.41) is 0. The van der Waals surface area contributed by atoms with Crippen molar-refractivity contribution in [2.24, 2.45) is 46.3 Å². The molecule has 0 heterocycles. The van der Waals surface area contributed by atoms with Crippen LogP contribution in [0.25, 0.3) is 0 Å². The predicted molar refractivity (Wildman–Crippen MR) is 122 cm³/mol. The Morgan fingerprint density at radius 2 is 1.75 bits per heavy atom. The molecule has 4 fully saturated rings. The van der Waals surface area contributed by atoms with Crippen LogP contribution < -0.4 is 0 Å². The van der Waals surface area contributed by atoms with Gasteiger partial charge in [-0.25, -0.2) is 0 Å². The first-order valence-corrected chi connectivity index (χ1v) is 12.9. The largest absolute Gasteiger partial charge is 0.469 e. The minimum Gasteiger partial charge on any atom is -0.469 e. The van der Waals surface area contributed by atoms with Crippen LogP contribution in [0.4, 0.5) is 0 Å². The van der Waals surface area contributed by atoms with Crippen molar-refractivity contribution in [2.45, 2.75) is 98.0 Å². The quantitative estimate of drug-likeness (QED) is 0.533. The maximum absolute atomic E-state index is 13.6. The monoisotopic (exact) mass is 446 g/mol. The summed E-state index contributed by atoms with van der Waals surface area (Å²) in [5.74, 6) is 2.68. The lowest BCUT2D eigenvalue weighted by molar-refractivity contribution is -0.168. The number of hydrogen-bond acceptors (Lipinski definition) is 5. The SMILES string of the molecule is COC(=O)CC[C@@H](C)[C@H]1CC[C@H]2[C@@H]3C(=O)C[C@@H]4C[C@H](OC(C)=O)CC[C@]4(C)C3CC[C@]12C. The molecule has 0 aromatic carbocycles. The zero-order valence-electron chi connectivity index (χ0n) is 20.7. The number of carbonyl (C=O) groups is 3. The lowest BCUT2D eigenvalue weighted by Crippen LogP contribution is -2.57. The first kappa shape index (κ1) is 23.8. The Morgan fingerprint density at radius 1 is 1.06 bits per heavy atom. The maximum atomic E-state index is 13.6. The van der Waals surface area contributed by atoms with Crippen LogP contribution in [-0.4, -0.2) is 30.9 Å². The topological polar surface area (TPSA) is 69.7 Å².